The van der Waals surface area contributed by atoms with Crippen LogP contribution in [0.15, 0.2) is 30.3 Å². The first-order chi connectivity index (χ1) is 8.30. The Morgan fingerprint density at radius 2 is 1.83 bits per heavy atom. The third-order valence-electron chi connectivity index (χ3n) is 2.29. The number of carbonyl (C=O) groups excluding carboxylic acids is 2. The lowest BCUT2D eigenvalue weighted by molar-refractivity contribution is -0.297. The molecule has 0 radical (unpaired) electrons. The number of carbonyl (C=O) groups is 2. The molecule has 0 fully saturated rings. The maximum atomic E-state index is 11.9. The fourth-order valence-corrected chi connectivity index (χ4v) is 1.22. The lowest BCUT2D eigenvalue weighted by atomic mass is 9.95. The second-order valence-electron chi connectivity index (χ2n) is 4.94. The molecular weight excluding hydrogens is 230 g/mol. The van der Waals surface area contributed by atoms with Crippen molar-refractivity contribution in [1.29, 1.82) is 0 Å². The fourth-order valence-electron chi connectivity index (χ4n) is 1.22. The van der Waals surface area contributed by atoms with Gasteiger partial charge < -0.3 is 15.2 Å². The molecule has 0 aromatic heterocycles. The summed E-state index contributed by atoms with van der Waals surface area (Å²) in [6, 6.07) is 6.98. The summed E-state index contributed by atoms with van der Waals surface area (Å²) in [6.45, 7) is 5.42. The second kappa shape index (κ2) is 5.49. The van der Waals surface area contributed by atoms with Crippen LogP contribution in [-0.2, 0) is 9.59 Å². The average Bonchev–Trinajstić information content (AvgIpc) is 2.26. The number of hydrogen-bond donors (Lipinski definition) is 1. The molecule has 0 aliphatic carbocycles. The average molecular weight is 246 g/mol. The standard InChI is InChI=1S/C14H17NO3/c1-14(2,3)13(18)15-11-7-5-4-6-10(11)8-9-12(16)17/h4-9H,1-3H3,(H,15,18)(H,16,17)/p-1/b9-8+. The molecule has 0 saturated heterocycles. The van der Waals surface area contributed by atoms with E-state index < -0.39 is 11.4 Å². The van der Waals surface area contributed by atoms with Crippen LogP contribution < -0.4 is 10.4 Å². The quantitative estimate of drug-likeness (QED) is 0.820. The summed E-state index contributed by atoms with van der Waals surface area (Å²) in [5.74, 6) is -1.40. The van der Waals surface area contributed by atoms with Gasteiger partial charge in [0.1, 0.15) is 0 Å². The highest BCUT2D eigenvalue weighted by molar-refractivity contribution is 5.97. The molecule has 0 saturated carbocycles. The molecule has 0 bridgehead atoms. The summed E-state index contributed by atoms with van der Waals surface area (Å²) >= 11 is 0. The Bertz CT molecular complexity index is 484. The maximum Gasteiger partial charge on any atom is 0.229 e. The molecule has 0 aliphatic rings. The number of hydrogen-bond acceptors (Lipinski definition) is 3. The molecule has 96 valence electrons. The van der Waals surface area contributed by atoms with E-state index in [1.807, 2.05) is 20.8 Å². The number of anilines is 1. The topological polar surface area (TPSA) is 69.2 Å². The van der Waals surface area contributed by atoms with Crippen LogP contribution in [0.2, 0.25) is 0 Å². The summed E-state index contributed by atoms with van der Waals surface area (Å²) in [5, 5.41) is 13.2. The molecule has 1 rings (SSSR count). The predicted molar refractivity (Wildman–Crippen MR) is 68.6 cm³/mol. The molecule has 1 amide bonds. The molecule has 1 aromatic carbocycles. The van der Waals surface area contributed by atoms with Crippen LogP contribution >= 0.6 is 0 Å². The molecule has 18 heavy (non-hydrogen) atoms. The Morgan fingerprint density at radius 3 is 2.39 bits per heavy atom. The van der Waals surface area contributed by atoms with Crippen molar-refractivity contribution in [2.24, 2.45) is 5.41 Å². The smallest absolute Gasteiger partial charge is 0.229 e. The van der Waals surface area contributed by atoms with Crippen molar-refractivity contribution in [1.82, 2.24) is 0 Å². The van der Waals surface area contributed by atoms with Gasteiger partial charge in [-0.25, -0.2) is 0 Å². The summed E-state index contributed by atoms with van der Waals surface area (Å²) in [5.41, 5.74) is 0.694. The Balaban J connectivity index is 2.96. The number of para-hydroxylation sites is 1. The minimum atomic E-state index is -1.27. The number of aliphatic carboxylic acids is 1. The molecule has 4 nitrogen and oxygen atoms in total. The monoisotopic (exact) mass is 246 g/mol. The van der Waals surface area contributed by atoms with E-state index in [0.717, 1.165) is 6.08 Å². The number of carboxylic acid groups (broad SMARTS) is 1. The van der Waals surface area contributed by atoms with Gasteiger partial charge in [0, 0.05) is 11.1 Å². The number of nitrogens with one attached hydrogen (secondary N) is 1. The van der Waals surface area contributed by atoms with E-state index in [9.17, 15) is 14.7 Å². The molecule has 0 heterocycles. The van der Waals surface area contributed by atoms with Crippen molar-refractivity contribution in [2.45, 2.75) is 20.8 Å². The van der Waals surface area contributed by atoms with Gasteiger partial charge in [-0.3, -0.25) is 4.79 Å². The van der Waals surface area contributed by atoms with Crippen molar-refractivity contribution in [3.05, 3.63) is 35.9 Å². The molecule has 0 atom stereocenters. The first-order valence-electron chi connectivity index (χ1n) is 5.60. The van der Waals surface area contributed by atoms with Crippen LogP contribution in [0.1, 0.15) is 26.3 Å². The minimum absolute atomic E-state index is 0.128. The predicted octanol–water partition coefficient (Wildman–Crippen LogP) is 1.43. The first kappa shape index (κ1) is 14.0. The Kier molecular flexibility index (Phi) is 4.26. The second-order valence-corrected chi connectivity index (χ2v) is 4.94. The number of amides is 1. The van der Waals surface area contributed by atoms with Gasteiger partial charge in [-0.1, -0.05) is 45.0 Å². The van der Waals surface area contributed by atoms with Crippen LogP contribution in [0.5, 0.6) is 0 Å². The van der Waals surface area contributed by atoms with E-state index in [4.69, 9.17) is 0 Å². The van der Waals surface area contributed by atoms with Gasteiger partial charge in [0.15, 0.2) is 0 Å². The van der Waals surface area contributed by atoms with Gasteiger partial charge in [0.2, 0.25) is 5.91 Å². The molecule has 0 aliphatic heterocycles. The number of rotatable bonds is 3. The van der Waals surface area contributed by atoms with Crippen molar-refractivity contribution < 1.29 is 14.7 Å². The van der Waals surface area contributed by atoms with Crippen LogP contribution in [0.3, 0.4) is 0 Å². The van der Waals surface area contributed by atoms with Crippen molar-refractivity contribution in [3.8, 4) is 0 Å². The van der Waals surface area contributed by atoms with Crippen LogP contribution in [0.25, 0.3) is 6.08 Å². The summed E-state index contributed by atoms with van der Waals surface area (Å²) < 4.78 is 0. The highest BCUT2D eigenvalue weighted by atomic mass is 16.4. The summed E-state index contributed by atoms with van der Waals surface area (Å²) in [7, 11) is 0. The molecule has 0 unspecified atom stereocenters. The van der Waals surface area contributed by atoms with E-state index in [2.05, 4.69) is 5.32 Å². The highest BCUT2D eigenvalue weighted by Gasteiger charge is 2.21. The minimum Gasteiger partial charge on any atom is -0.545 e. The van der Waals surface area contributed by atoms with E-state index >= 15 is 0 Å². The van der Waals surface area contributed by atoms with Gasteiger partial charge in [-0.2, -0.15) is 0 Å². The van der Waals surface area contributed by atoms with Crippen molar-refractivity contribution >= 4 is 23.6 Å². The van der Waals surface area contributed by atoms with Crippen LogP contribution in [0, 0.1) is 5.41 Å². The first-order valence-corrected chi connectivity index (χ1v) is 5.60. The Labute approximate surface area is 106 Å². The SMILES string of the molecule is CC(C)(C)C(=O)Nc1ccccc1/C=C/C(=O)[O-]. The lowest BCUT2D eigenvalue weighted by Crippen LogP contribution is -2.27. The fraction of sp³-hybridized carbons (Fsp3) is 0.286. The summed E-state index contributed by atoms with van der Waals surface area (Å²) in [6.07, 6.45) is 2.33. The Morgan fingerprint density at radius 1 is 1.22 bits per heavy atom. The van der Waals surface area contributed by atoms with Crippen molar-refractivity contribution in [2.75, 3.05) is 5.32 Å². The lowest BCUT2D eigenvalue weighted by Gasteiger charge is -2.18. The maximum absolute atomic E-state index is 11.9. The van der Waals surface area contributed by atoms with E-state index in [0.29, 0.717) is 11.3 Å². The zero-order chi connectivity index (χ0) is 13.8. The van der Waals surface area contributed by atoms with E-state index in [1.165, 1.54) is 6.08 Å². The molecule has 4 heteroatoms. The van der Waals surface area contributed by atoms with E-state index in [-0.39, 0.29) is 5.91 Å². The normalized spacial score (nSPS) is 11.5. The van der Waals surface area contributed by atoms with Crippen LogP contribution in [0.4, 0.5) is 5.69 Å². The van der Waals surface area contributed by atoms with Crippen molar-refractivity contribution in [3.63, 3.8) is 0 Å². The van der Waals surface area contributed by atoms with Gasteiger partial charge in [-0.05, 0) is 17.7 Å². The largest absolute Gasteiger partial charge is 0.545 e. The third-order valence-corrected chi connectivity index (χ3v) is 2.29. The molecule has 1 N–H and O–H groups in total. The third kappa shape index (κ3) is 4.05. The molecule has 0 spiro atoms. The van der Waals surface area contributed by atoms with Gasteiger partial charge in [0.25, 0.3) is 0 Å². The number of carboxylic acids is 1. The Hall–Kier alpha value is -2.10. The number of benzene rings is 1. The van der Waals surface area contributed by atoms with Crippen LogP contribution in [-0.4, -0.2) is 11.9 Å². The van der Waals surface area contributed by atoms with Gasteiger partial charge in [0.05, 0.1) is 5.97 Å². The van der Waals surface area contributed by atoms with Gasteiger partial charge >= 0.3 is 0 Å². The highest BCUT2D eigenvalue weighted by Crippen LogP contribution is 2.21. The summed E-state index contributed by atoms with van der Waals surface area (Å²) in [4.78, 5) is 22.2. The molecular formula is C14H16NO3-. The molecule has 1 aromatic rings. The van der Waals surface area contributed by atoms with Gasteiger partial charge in [-0.15, -0.1) is 0 Å². The van der Waals surface area contributed by atoms with E-state index in [1.54, 1.807) is 24.3 Å². The zero-order valence-electron chi connectivity index (χ0n) is 10.7. The zero-order valence-corrected chi connectivity index (χ0v) is 10.7.